The highest BCUT2D eigenvalue weighted by atomic mass is 35.5. The molecular weight excluding hydrogens is 544 g/mol. The third-order valence-electron chi connectivity index (χ3n) is 5.95. The first kappa shape index (κ1) is 39.8. The van der Waals surface area contributed by atoms with Crippen LogP contribution < -0.4 is 22.1 Å². The number of nitrogen functional groups attached to an aromatic ring is 2. The van der Waals surface area contributed by atoms with Crippen molar-refractivity contribution in [1.29, 1.82) is 0 Å². The zero-order valence-electron chi connectivity index (χ0n) is 20.8. The number of anilines is 2. The van der Waals surface area contributed by atoms with Crippen LogP contribution in [0.5, 0.6) is 0 Å². The van der Waals surface area contributed by atoms with Crippen LogP contribution in [0.3, 0.4) is 0 Å². The number of fused-ring (bicyclic) bond motifs is 1. The molecule has 1 aromatic heterocycles. The molecule has 217 valence electrons. The first-order chi connectivity index (χ1) is 17.7. The number of nitrogens with zero attached hydrogens (tertiary/aromatic N) is 1. The number of rotatable bonds is 2. The number of carbonyl (C=O) groups is 1. The maximum Gasteiger partial charge on any atom is 0.519 e. The van der Waals surface area contributed by atoms with Gasteiger partial charge in [-0.05, 0) is 88.3 Å². The Labute approximate surface area is 253 Å². The quantitative estimate of drug-likeness (QED) is 0.172. The lowest BCUT2D eigenvalue weighted by molar-refractivity contribution is -0.142. The Hall–Kier alpha value is -2.33. The van der Waals surface area contributed by atoms with Crippen molar-refractivity contribution in [2.24, 2.45) is 5.92 Å². The molecule has 40 heavy (non-hydrogen) atoms. The Bertz CT molecular complexity index is 1110. The standard InChI is InChI=1S/C12H14ClN3.C6H7ClN2.C6H11NO2.3CH4.B3/c13-9-1-2-10-11(7-9)16-12(15-10)8-3-5-14-6-4-8;7-4-1-2-5(8)6(9)3-4;8-6(9)5-1-3-7-4-2-5;;;;1-3-2/h1-2,7-8,14H,3-6H2,(H,15,16);1-3H,8-9H2;5,7H,1-4H2,(H,8,9);3*1H4;/p+1. The molecule has 2 aromatic carbocycles. The molecule has 0 unspecified atom stereocenters. The topological polar surface area (TPSA) is 145 Å². The number of aromatic amines is 1. The highest BCUT2D eigenvalue weighted by molar-refractivity contribution is 7.17. The normalized spacial score (nSPS) is 14.6. The molecule has 2 fully saturated rings. The summed E-state index contributed by atoms with van der Waals surface area (Å²) in [5.74, 6) is 1.30. The summed E-state index contributed by atoms with van der Waals surface area (Å²) in [6.07, 6.45) is 4.02. The Morgan fingerprint density at radius 2 is 1.38 bits per heavy atom. The van der Waals surface area contributed by atoms with Gasteiger partial charge in [0.25, 0.3) is 0 Å². The van der Waals surface area contributed by atoms with Crippen LogP contribution in [0, 0.1) is 5.92 Å². The molecule has 2 saturated heterocycles. The molecular formula is C27H45B3Cl2N6O2+. The number of carbonyl (C=O) groups excluding carboxylic acids is 1. The molecule has 8 nitrogen and oxygen atoms in total. The second-order valence-electron chi connectivity index (χ2n) is 8.66. The Morgan fingerprint density at radius 1 is 0.875 bits per heavy atom. The molecule has 5 radical (unpaired) electrons. The average molecular weight is 589 g/mol. The highest BCUT2D eigenvalue weighted by Crippen LogP contribution is 2.26. The van der Waals surface area contributed by atoms with Gasteiger partial charge in [-0.2, -0.15) is 0 Å². The fraction of sp³-hybridized carbons (Fsp3) is 0.481. The van der Waals surface area contributed by atoms with Gasteiger partial charge < -0.3 is 32.2 Å². The smallest absolute Gasteiger partial charge is 0.519 e. The fourth-order valence-electron chi connectivity index (χ4n) is 3.92. The van der Waals surface area contributed by atoms with Crippen molar-refractivity contribution in [3.05, 3.63) is 52.3 Å². The fourth-order valence-corrected chi connectivity index (χ4v) is 4.27. The third-order valence-corrected chi connectivity index (χ3v) is 6.42. The molecule has 0 saturated carbocycles. The summed E-state index contributed by atoms with van der Waals surface area (Å²) in [6.45, 7) is 3.97. The Morgan fingerprint density at radius 3 is 1.85 bits per heavy atom. The number of imidazole rings is 1. The molecule has 5 rings (SSSR count). The number of piperidine rings is 2. The minimum absolute atomic E-state index is 0. The van der Waals surface area contributed by atoms with E-state index in [0.29, 0.717) is 22.3 Å². The zero-order chi connectivity index (χ0) is 27.2. The van der Waals surface area contributed by atoms with Crippen molar-refractivity contribution in [1.82, 2.24) is 20.6 Å². The molecule has 2 aliphatic rings. The van der Waals surface area contributed by atoms with E-state index in [4.69, 9.17) is 39.8 Å². The van der Waals surface area contributed by atoms with E-state index in [1.165, 1.54) is 0 Å². The molecule has 3 heterocycles. The maximum atomic E-state index is 10.4. The second kappa shape index (κ2) is 21.4. The number of nitrogens with two attached hydrogens (primary N) is 2. The number of hydrogen-bond acceptors (Lipinski definition) is 6. The molecule has 9 N–H and O–H groups in total. The third kappa shape index (κ3) is 13.8. The lowest BCUT2D eigenvalue weighted by Crippen LogP contribution is -2.31. The van der Waals surface area contributed by atoms with E-state index in [2.05, 4.69) is 36.1 Å². The molecule has 0 bridgehead atoms. The van der Waals surface area contributed by atoms with Crippen molar-refractivity contribution < 1.29 is 9.90 Å². The second-order valence-corrected chi connectivity index (χ2v) is 9.53. The number of hydrogen-bond donors (Lipinski definition) is 5. The molecule has 0 aliphatic carbocycles. The summed E-state index contributed by atoms with van der Waals surface area (Å²) in [5, 5.41) is 14.7. The zero-order valence-corrected chi connectivity index (χ0v) is 22.3. The van der Waals surface area contributed by atoms with E-state index in [0.717, 1.165) is 80.8 Å². The number of benzene rings is 2. The maximum absolute atomic E-state index is 10.4. The van der Waals surface area contributed by atoms with E-state index >= 15 is 0 Å². The van der Waals surface area contributed by atoms with Crippen molar-refractivity contribution in [3.8, 4) is 0 Å². The van der Waals surface area contributed by atoms with Crippen LogP contribution in [-0.4, -0.2) is 69.8 Å². The summed E-state index contributed by atoms with van der Waals surface area (Å²) >= 11 is 11.5. The predicted molar refractivity (Wildman–Crippen MR) is 178 cm³/mol. The number of nitrogens with one attached hydrogen (secondary N) is 3. The SMILES string of the molecule is C.C.C.Clc1ccc2nc(C3CCNCC3)[nH]c2c1.Nc1ccc(Cl)cc1N.O=C([OH2+])C1CCNCC1.[B][B][B]. The predicted octanol–water partition coefficient (Wildman–Crippen LogP) is 4.19. The first-order valence-corrected chi connectivity index (χ1v) is 12.9. The molecule has 13 heteroatoms. The van der Waals surface area contributed by atoms with Crippen molar-refractivity contribution >= 4 is 74.1 Å². The van der Waals surface area contributed by atoms with Gasteiger partial charge in [0.15, 0.2) is 0 Å². The summed E-state index contributed by atoms with van der Waals surface area (Å²) in [5.41, 5.74) is 14.0. The number of H-pyrrole nitrogens is 1. The minimum atomic E-state index is -0.392. The van der Waals surface area contributed by atoms with Crippen LogP contribution in [0.2, 0.25) is 10.0 Å². The summed E-state index contributed by atoms with van der Waals surface area (Å²) in [7, 11) is 10.0. The summed E-state index contributed by atoms with van der Waals surface area (Å²) < 4.78 is 0. The van der Waals surface area contributed by atoms with Gasteiger partial charge in [-0.15, -0.1) is 0 Å². The lowest BCUT2D eigenvalue weighted by atomic mass is 9.40. The van der Waals surface area contributed by atoms with Crippen LogP contribution >= 0.6 is 23.2 Å². The van der Waals surface area contributed by atoms with Gasteiger partial charge in [-0.3, -0.25) is 0 Å². The van der Waals surface area contributed by atoms with Gasteiger partial charge in [-0.25, -0.2) is 4.98 Å². The van der Waals surface area contributed by atoms with Crippen molar-refractivity contribution in [3.63, 3.8) is 0 Å². The number of halogens is 2. The van der Waals surface area contributed by atoms with Crippen LogP contribution in [0.15, 0.2) is 36.4 Å². The van der Waals surface area contributed by atoms with Crippen molar-refractivity contribution in [2.45, 2.75) is 53.9 Å². The van der Waals surface area contributed by atoms with E-state index in [1.807, 2.05) is 18.2 Å². The molecule has 0 amide bonds. The van der Waals surface area contributed by atoms with Gasteiger partial charge in [0.2, 0.25) is 0 Å². The Kier molecular flexibility index (Phi) is 21.3. The van der Waals surface area contributed by atoms with Crippen LogP contribution in [0.4, 0.5) is 11.4 Å². The van der Waals surface area contributed by atoms with Gasteiger partial charge in [0, 0.05) is 43.3 Å². The van der Waals surface area contributed by atoms with Crippen LogP contribution in [0.25, 0.3) is 11.0 Å². The molecule has 2 aliphatic heterocycles. The monoisotopic (exact) mass is 588 g/mol. The largest absolute Gasteiger partial charge is 0.565 e. The Balaban J connectivity index is 0. The molecule has 0 spiro atoms. The minimum Gasteiger partial charge on any atom is -0.565 e. The van der Waals surface area contributed by atoms with E-state index < -0.39 is 5.97 Å². The van der Waals surface area contributed by atoms with E-state index in [-0.39, 0.29) is 28.2 Å². The van der Waals surface area contributed by atoms with Crippen molar-refractivity contribution in [2.75, 3.05) is 37.6 Å². The molecule has 3 aromatic rings. The summed E-state index contributed by atoms with van der Waals surface area (Å²) in [6, 6.07) is 10.8. The highest BCUT2D eigenvalue weighted by Gasteiger charge is 2.25. The average Bonchev–Trinajstić information content (AvgIpc) is 3.32. The van der Waals surface area contributed by atoms with E-state index in [1.54, 1.807) is 18.2 Å². The van der Waals surface area contributed by atoms with Crippen LogP contribution in [0.1, 0.15) is 59.7 Å². The number of aromatic nitrogens is 2. The lowest BCUT2D eigenvalue weighted by Gasteiger charge is -2.20. The van der Waals surface area contributed by atoms with Crippen LogP contribution in [-0.2, 0) is 4.79 Å². The van der Waals surface area contributed by atoms with Gasteiger partial charge in [0.1, 0.15) is 11.7 Å². The van der Waals surface area contributed by atoms with Gasteiger partial charge in [0.05, 0.1) is 22.4 Å². The molecule has 0 atom stereocenters. The van der Waals surface area contributed by atoms with Gasteiger partial charge in [-0.1, -0.05) is 45.5 Å². The van der Waals surface area contributed by atoms with Gasteiger partial charge >= 0.3 is 5.97 Å². The summed E-state index contributed by atoms with van der Waals surface area (Å²) in [4.78, 5) is 18.5. The van der Waals surface area contributed by atoms with E-state index in [9.17, 15) is 4.79 Å². The first-order valence-electron chi connectivity index (χ1n) is 12.1.